The largest absolute Gasteiger partial charge is 0.455 e. The molecule has 3 aliphatic heterocycles. The van der Waals surface area contributed by atoms with Crippen LogP contribution in [0.5, 0.6) is 0 Å². The number of benzene rings is 9. The minimum Gasteiger partial charge on any atom is -0.455 e. The van der Waals surface area contributed by atoms with Crippen LogP contribution in [-0.2, 0) is 10.8 Å². The van der Waals surface area contributed by atoms with Gasteiger partial charge in [0.15, 0.2) is 0 Å². The van der Waals surface area contributed by atoms with Gasteiger partial charge in [0.2, 0.25) is 0 Å². The molecule has 0 saturated heterocycles. The number of hydrogen-bond acceptors (Lipinski definition) is 5. The standard InChI is InChI=1S/C62H49BN2OS2/c1-61(2,3)40-29-31-48(44(33-40)38-19-9-7-10-20-38)64-51-37-57-56(67-54-27-17-18-28-55(54)68-57)36-47(51)63-59-52(64)35-46-42-23-14-16-26-53(42)66-60(46)58(59)43-24-13-15-25-49(43)65(63)50-32-30-41(62(4,5)6)34-45(50)39-21-11-8-12-22-39/h7-37H,1-6H3. The van der Waals surface area contributed by atoms with Gasteiger partial charge in [-0.15, -0.1) is 0 Å². The van der Waals surface area contributed by atoms with Crippen LogP contribution in [0.2, 0.25) is 0 Å². The number of para-hydroxylation sites is 2. The Kier molecular flexibility index (Phi) is 9.32. The van der Waals surface area contributed by atoms with E-state index in [9.17, 15) is 0 Å². The number of fused-ring (bicyclic) bond motifs is 10. The second-order valence-corrected chi connectivity index (χ2v) is 22.7. The summed E-state index contributed by atoms with van der Waals surface area (Å²) < 4.78 is 7.13. The first-order chi connectivity index (χ1) is 33.0. The highest BCUT2D eigenvalue weighted by atomic mass is 32.2. The van der Waals surface area contributed by atoms with Gasteiger partial charge in [0.05, 0.1) is 5.69 Å². The minimum absolute atomic E-state index is 0.0459. The van der Waals surface area contributed by atoms with E-state index in [2.05, 4.69) is 239 Å². The highest BCUT2D eigenvalue weighted by Gasteiger charge is 2.48. The predicted octanol–water partition coefficient (Wildman–Crippen LogP) is 16.8. The topological polar surface area (TPSA) is 19.6 Å². The Hall–Kier alpha value is -6.86. The maximum absolute atomic E-state index is 7.13. The zero-order chi connectivity index (χ0) is 46.1. The molecule has 0 atom stereocenters. The lowest BCUT2D eigenvalue weighted by molar-refractivity contribution is 0.590. The van der Waals surface area contributed by atoms with Crippen LogP contribution in [-0.4, -0.2) is 6.85 Å². The van der Waals surface area contributed by atoms with Crippen LogP contribution in [0.4, 0.5) is 28.4 Å². The van der Waals surface area contributed by atoms with E-state index in [0.717, 1.165) is 50.1 Å². The fourth-order valence-electron chi connectivity index (χ4n) is 10.8. The van der Waals surface area contributed by atoms with Gasteiger partial charge < -0.3 is 14.1 Å². The maximum atomic E-state index is 7.13. The van der Waals surface area contributed by atoms with Gasteiger partial charge in [-0.3, -0.25) is 0 Å². The Labute approximate surface area is 408 Å². The summed E-state index contributed by atoms with van der Waals surface area (Å²) in [6.07, 6.45) is 0. The lowest BCUT2D eigenvalue weighted by atomic mass is 9.43. The molecule has 0 spiro atoms. The van der Waals surface area contributed by atoms with Crippen LogP contribution in [0.25, 0.3) is 55.3 Å². The van der Waals surface area contributed by atoms with Crippen molar-refractivity contribution in [2.45, 2.75) is 72.0 Å². The number of furan rings is 1. The Balaban J connectivity index is 1.19. The monoisotopic (exact) mass is 912 g/mol. The molecule has 0 radical (unpaired) electrons. The van der Waals surface area contributed by atoms with E-state index in [1.807, 2.05) is 23.5 Å². The highest BCUT2D eigenvalue weighted by Crippen LogP contribution is 2.56. The van der Waals surface area contributed by atoms with Gasteiger partial charge in [0, 0.05) is 75.4 Å². The van der Waals surface area contributed by atoms with Crippen LogP contribution in [0.1, 0.15) is 52.7 Å². The van der Waals surface area contributed by atoms with Crippen LogP contribution < -0.4 is 20.6 Å². The number of rotatable bonds is 4. The second-order valence-electron chi connectivity index (χ2n) is 20.5. The van der Waals surface area contributed by atoms with E-state index >= 15 is 0 Å². The molecule has 0 N–H and O–H groups in total. The zero-order valence-electron chi connectivity index (χ0n) is 39.1. The van der Waals surface area contributed by atoms with Crippen LogP contribution in [0.3, 0.4) is 0 Å². The normalized spacial score (nSPS) is 13.8. The average Bonchev–Trinajstić information content (AvgIpc) is 3.73. The quantitative estimate of drug-likeness (QED) is 0.163. The fraction of sp³-hybridized carbons (Fsp3) is 0.129. The third kappa shape index (κ3) is 6.44. The molecule has 0 amide bonds. The molecule has 0 aliphatic carbocycles. The summed E-state index contributed by atoms with van der Waals surface area (Å²) >= 11 is 3.77. The van der Waals surface area contributed by atoms with Gasteiger partial charge >= 0.3 is 6.85 Å². The van der Waals surface area contributed by atoms with E-state index in [0.29, 0.717) is 0 Å². The number of nitrogens with zero attached hydrogens (tertiary/aromatic N) is 2. The smallest absolute Gasteiger partial charge is 0.333 e. The summed E-state index contributed by atoms with van der Waals surface area (Å²) in [5, 5.41) is 2.24. The lowest BCUT2D eigenvalue weighted by Crippen LogP contribution is -2.61. The molecule has 13 rings (SSSR count). The Morgan fingerprint density at radius 2 is 0.971 bits per heavy atom. The summed E-state index contributed by atoms with van der Waals surface area (Å²) in [4.78, 5) is 10.4. The van der Waals surface area contributed by atoms with Crippen LogP contribution >= 0.6 is 23.5 Å². The summed E-state index contributed by atoms with van der Waals surface area (Å²) in [5.74, 6) is 0. The molecule has 4 heterocycles. The molecule has 0 bridgehead atoms. The lowest BCUT2D eigenvalue weighted by Gasteiger charge is -2.47. The van der Waals surface area contributed by atoms with Crippen molar-refractivity contribution >= 4 is 91.7 Å². The Morgan fingerprint density at radius 3 is 1.63 bits per heavy atom. The van der Waals surface area contributed by atoms with Crippen LogP contribution in [0, 0.1) is 0 Å². The molecule has 3 aliphatic rings. The first-order valence-corrected chi connectivity index (χ1v) is 25.3. The predicted molar refractivity (Wildman–Crippen MR) is 290 cm³/mol. The molecule has 10 aromatic rings. The van der Waals surface area contributed by atoms with Crippen molar-refractivity contribution in [1.29, 1.82) is 0 Å². The maximum Gasteiger partial charge on any atom is 0.333 e. The van der Waals surface area contributed by atoms with Gasteiger partial charge in [0.25, 0.3) is 0 Å². The van der Waals surface area contributed by atoms with Gasteiger partial charge in [0.1, 0.15) is 11.2 Å². The van der Waals surface area contributed by atoms with E-state index < -0.39 is 0 Å². The van der Waals surface area contributed by atoms with Gasteiger partial charge in [-0.05, 0) is 111 Å². The minimum atomic E-state index is -0.219. The van der Waals surface area contributed by atoms with Crippen molar-refractivity contribution in [3.05, 3.63) is 199 Å². The fourth-order valence-corrected chi connectivity index (χ4v) is 13.1. The number of hydrogen-bond donors (Lipinski definition) is 0. The first-order valence-electron chi connectivity index (χ1n) is 23.7. The van der Waals surface area contributed by atoms with E-state index in [1.54, 1.807) is 0 Å². The first kappa shape index (κ1) is 41.3. The van der Waals surface area contributed by atoms with E-state index in [1.165, 1.54) is 75.3 Å². The Bertz CT molecular complexity index is 3680. The number of anilines is 5. The van der Waals surface area contributed by atoms with Crippen LogP contribution in [0.15, 0.2) is 212 Å². The van der Waals surface area contributed by atoms with Crippen molar-refractivity contribution in [2.75, 3.05) is 9.71 Å². The Morgan fingerprint density at radius 1 is 0.426 bits per heavy atom. The van der Waals surface area contributed by atoms with Gasteiger partial charge in [-0.2, -0.15) is 0 Å². The molecular formula is C62H49BN2OS2. The van der Waals surface area contributed by atoms with Crippen molar-refractivity contribution in [3.8, 4) is 33.4 Å². The second kappa shape index (κ2) is 15.3. The molecule has 0 unspecified atom stereocenters. The van der Waals surface area contributed by atoms with Crippen molar-refractivity contribution in [1.82, 2.24) is 0 Å². The summed E-state index contributed by atoms with van der Waals surface area (Å²) in [7, 11) is 0. The SMILES string of the molecule is CC(C)(C)c1ccc(N2B3c4cc5c(cc4N(c4ccc(C(C)(C)C)cc4-c4ccccc4)c4cc6c(oc7ccccc76)c(c43)-c3ccccc32)Sc2ccccc2S5)c(-c2ccccc2)c1. The third-order valence-electron chi connectivity index (χ3n) is 14.2. The molecule has 9 aromatic carbocycles. The molecule has 68 heavy (non-hydrogen) atoms. The van der Waals surface area contributed by atoms with Crippen molar-refractivity contribution in [2.24, 2.45) is 0 Å². The average molecular weight is 913 g/mol. The molecule has 328 valence electrons. The summed E-state index contributed by atoms with van der Waals surface area (Å²) in [5.41, 5.74) is 19.8. The molecule has 6 heteroatoms. The van der Waals surface area contributed by atoms with Crippen molar-refractivity contribution in [3.63, 3.8) is 0 Å². The molecular weight excluding hydrogens is 864 g/mol. The summed E-state index contributed by atoms with van der Waals surface area (Å²) in [6, 6.07) is 70.3. The molecule has 1 aromatic heterocycles. The third-order valence-corrected chi connectivity index (χ3v) is 16.7. The zero-order valence-corrected chi connectivity index (χ0v) is 40.7. The summed E-state index contributed by atoms with van der Waals surface area (Å²) in [6.45, 7) is 13.7. The van der Waals surface area contributed by atoms with Crippen molar-refractivity contribution < 1.29 is 4.42 Å². The van der Waals surface area contributed by atoms with E-state index in [-0.39, 0.29) is 17.7 Å². The molecule has 0 fully saturated rings. The van der Waals surface area contributed by atoms with Gasteiger partial charge in [-0.1, -0.05) is 186 Å². The van der Waals surface area contributed by atoms with Gasteiger partial charge in [-0.25, -0.2) is 0 Å². The highest BCUT2D eigenvalue weighted by molar-refractivity contribution is 8.05. The molecule has 3 nitrogen and oxygen atoms in total. The van der Waals surface area contributed by atoms with E-state index in [4.69, 9.17) is 4.42 Å². The molecule has 0 saturated carbocycles.